The molecule has 0 fully saturated rings. The summed E-state index contributed by atoms with van der Waals surface area (Å²) in [5.74, 6) is -3.51. The molecule has 0 rings (SSSR count). The maximum Gasteiger partial charge on any atom is 1.00 e. The summed E-state index contributed by atoms with van der Waals surface area (Å²) in [4.78, 5) is 33.8. The van der Waals surface area contributed by atoms with Crippen LogP contribution in [0.4, 0.5) is 0 Å². The molecule has 0 aliphatic heterocycles. The van der Waals surface area contributed by atoms with Gasteiger partial charge < -0.3 is 24.5 Å². The van der Waals surface area contributed by atoms with Crippen molar-refractivity contribution in [2.75, 3.05) is 13.2 Å². The van der Waals surface area contributed by atoms with E-state index in [1.807, 2.05) is 0 Å². The monoisotopic (exact) mass is 549 g/mol. The fourth-order valence-electron chi connectivity index (χ4n) is 3.31. The van der Waals surface area contributed by atoms with Gasteiger partial charge in [-0.25, -0.2) is 8.42 Å². The van der Waals surface area contributed by atoms with Crippen LogP contribution in [0.2, 0.25) is 0 Å². The Morgan fingerprint density at radius 1 is 0.861 bits per heavy atom. The summed E-state index contributed by atoms with van der Waals surface area (Å²) in [6.45, 7) is 1.98. The number of amides is 1. The minimum atomic E-state index is -5.22. The zero-order valence-corrected chi connectivity index (χ0v) is 27.2. The van der Waals surface area contributed by atoms with Crippen LogP contribution < -0.4 is 69.5 Å². The van der Waals surface area contributed by atoms with E-state index in [-0.39, 0.29) is 78.2 Å². The van der Waals surface area contributed by atoms with Gasteiger partial charge in [0, 0.05) is 6.42 Å². The molecule has 1 unspecified atom stereocenters. The molecule has 0 saturated carbocycles. The predicted molar refractivity (Wildman–Crippen MR) is 127 cm³/mol. The van der Waals surface area contributed by atoms with Crippen molar-refractivity contribution in [1.82, 2.24) is 5.32 Å². The molecule has 0 aliphatic rings. The topological polar surface area (TPSA) is 153 Å². The predicted octanol–water partition coefficient (Wildman–Crippen LogP) is -3.25. The molecule has 36 heavy (non-hydrogen) atoms. The number of carboxylic acid groups (broad SMARTS) is 1. The SMILES string of the molecule is CCCCCCCC/C=C\CCCCCCCC(=O)NCCOC(=O)CC(C(=O)[O-])S(=O)(=O)[O-].[Na+].[Na+]. The number of esters is 1. The molecule has 0 spiro atoms. The van der Waals surface area contributed by atoms with Gasteiger partial charge in [0.05, 0.1) is 24.2 Å². The fraction of sp³-hybridized carbons (Fsp3) is 0.792. The summed E-state index contributed by atoms with van der Waals surface area (Å²) < 4.78 is 36.9. The summed E-state index contributed by atoms with van der Waals surface area (Å²) in [5.41, 5.74) is 0. The van der Waals surface area contributed by atoms with E-state index < -0.39 is 33.7 Å². The molecule has 1 atom stereocenters. The Kier molecular flexibility index (Phi) is 30.0. The summed E-state index contributed by atoms with van der Waals surface area (Å²) >= 11 is 0. The van der Waals surface area contributed by atoms with Crippen LogP contribution in [0.3, 0.4) is 0 Å². The smallest absolute Gasteiger partial charge is 0.747 e. The van der Waals surface area contributed by atoms with Crippen LogP contribution in [-0.2, 0) is 29.2 Å². The third kappa shape index (κ3) is 25.7. The standard InChI is InChI=1S/C24H43NO8S.2Na/c1-2-3-4-5-6-7-8-9-10-11-12-13-14-15-16-17-22(26)25-18-19-33-23(27)20-21(24(28)29)34(30,31)32;;/h9-10,21H,2-8,11-20H2,1H3,(H,25,26)(H,28,29)(H,30,31,32);;/q;2*+1/p-2/b10-9-;;. The van der Waals surface area contributed by atoms with Gasteiger partial charge in [0.25, 0.3) is 0 Å². The third-order valence-corrected chi connectivity index (χ3v) is 6.37. The maximum absolute atomic E-state index is 11.8. The van der Waals surface area contributed by atoms with E-state index in [9.17, 15) is 32.5 Å². The van der Waals surface area contributed by atoms with Crippen molar-refractivity contribution in [2.24, 2.45) is 0 Å². The molecule has 9 nitrogen and oxygen atoms in total. The quantitative estimate of drug-likeness (QED) is 0.0486. The van der Waals surface area contributed by atoms with E-state index in [0.717, 1.165) is 38.5 Å². The Hall–Kier alpha value is 0.0600. The van der Waals surface area contributed by atoms with E-state index in [0.29, 0.717) is 6.42 Å². The van der Waals surface area contributed by atoms with Crippen molar-refractivity contribution in [1.29, 1.82) is 0 Å². The molecule has 12 heteroatoms. The minimum Gasteiger partial charge on any atom is -0.747 e. The van der Waals surface area contributed by atoms with Crippen LogP contribution in [-0.4, -0.2) is 49.2 Å². The molecule has 0 radical (unpaired) electrons. The zero-order valence-electron chi connectivity index (χ0n) is 22.4. The van der Waals surface area contributed by atoms with Gasteiger partial charge >= 0.3 is 65.1 Å². The number of allylic oxidation sites excluding steroid dienone is 2. The molecule has 1 amide bonds. The number of carboxylic acids is 1. The third-order valence-electron chi connectivity index (χ3n) is 5.32. The number of aliphatic carboxylic acids is 1. The number of ether oxygens (including phenoxy) is 1. The number of nitrogens with one attached hydrogen (secondary N) is 1. The maximum atomic E-state index is 11.8. The van der Waals surface area contributed by atoms with Crippen molar-refractivity contribution >= 4 is 28.0 Å². The number of rotatable bonds is 22. The fourth-order valence-corrected chi connectivity index (χ4v) is 3.89. The molecule has 1 N–H and O–H groups in total. The first-order chi connectivity index (χ1) is 16.2. The zero-order chi connectivity index (χ0) is 25.7. The molecule has 0 bridgehead atoms. The first-order valence-corrected chi connectivity index (χ1v) is 13.9. The van der Waals surface area contributed by atoms with E-state index in [1.54, 1.807) is 0 Å². The van der Waals surface area contributed by atoms with Crippen LogP contribution in [0.15, 0.2) is 12.2 Å². The summed E-state index contributed by atoms with van der Waals surface area (Å²) in [7, 11) is -5.22. The number of hydrogen-bond donors (Lipinski definition) is 1. The number of carbonyl (C=O) groups excluding carboxylic acids is 3. The van der Waals surface area contributed by atoms with Crippen LogP contribution in [0, 0.1) is 0 Å². The van der Waals surface area contributed by atoms with E-state index in [2.05, 4.69) is 29.1 Å². The Labute approximate surface area is 261 Å². The molecule has 0 aromatic carbocycles. The average molecular weight is 550 g/mol. The Balaban J connectivity index is -0.00000544. The average Bonchev–Trinajstić information content (AvgIpc) is 2.76. The van der Waals surface area contributed by atoms with E-state index >= 15 is 0 Å². The molecule has 0 aromatic heterocycles. The van der Waals surface area contributed by atoms with E-state index in [4.69, 9.17) is 0 Å². The first kappa shape index (κ1) is 40.6. The molecular formula is C24H41NNa2O8S. The van der Waals surface area contributed by atoms with Crippen molar-refractivity contribution in [3.05, 3.63) is 12.2 Å². The summed E-state index contributed by atoms with van der Waals surface area (Å²) in [6, 6.07) is 0. The number of hydrogen-bond acceptors (Lipinski definition) is 8. The van der Waals surface area contributed by atoms with Gasteiger partial charge in [-0.15, -0.1) is 0 Å². The van der Waals surface area contributed by atoms with Crippen molar-refractivity contribution in [3.63, 3.8) is 0 Å². The van der Waals surface area contributed by atoms with Crippen molar-refractivity contribution < 1.29 is 96.3 Å². The van der Waals surface area contributed by atoms with Crippen LogP contribution in [0.1, 0.15) is 103 Å². The van der Waals surface area contributed by atoms with Crippen LogP contribution in [0.25, 0.3) is 0 Å². The largest absolute Gasteiger partial charge is 1.00 e. The van der Waals surface area contributed by atoms with Crippen molar-refractivity contribution in [3.8, 4) is 0 Å². The second-order valence-electron chi connectivity index (χ2n) is 8.41. The first-order valence-electron chi connectivity index (χ1n) is 12.4. The second-order valence-corrected chi connectivity index (χ2v) is 9.96. The summed E-state index contributed by atoms with van der Waals surface area (Å²) in [6.07, 6.45) is 19.0. The second kappa shape index (κ2) is 26.7. The number of carbonyl (C=O) groups is 3. The van der Waals surface area contributed by atoms with Crippen LogP contribution >= 0.6 is 0 Å². The van der Waals surface area contributed by atoms with Crippen LogP contribution in [0.5, 0.6) is 0 Å². The molecule has 0 saturated heterocycles. The van der Waals surface area contributed by atoms with Gasteiger partial charge in [0.15, 0.2) is 0 Å². The van der Waals surface area contributed by atoms with E-state index in [1.165, 1.54) is 44.9 Å². The molecule has 0 aliphatic carbocycles. The van der Waals surface area contributed by atoms with Gasteiger partial charge in [0.2, 0.25) is 5.91 Å². The molecule has 0 heterocycles. The molecule has 0 aromatic rings. The van der Waals surface area contributed by atoms with Gasteiger partial charge in [-0.2, -0.15) is 0 Å². The van der Waals surface area contributed by atoms with Gasteiger partial charge in [-0.1, -0.05) is 70.4 Å². The normalized spacial score (nSPS) is 11.8. The Morgan fingerprint density at radius 2 is 1.36 bits per heavy atom. The molecule has 198 valence electrons. The van der Waals surface area contributed by atoms with Crippen molar-refractivity contribution in [2.45, 2.75) is 108 Å². The minimum absolute atomic E-state index is 0. The molecular weight excluding hydrogens is 508 g/mol. The Morgan fingerprint density at radius 3 is 1.86 bits per heavy atom. The summed E-state index contributed by atoms with van der Waals surface area (Å²) in [5, 5.41) is 10.7. The van der Waals surface area contributed by atoms with Gasteiger partial charge in [-0.05, 0) is 32.1 Å². The number of unbranched alkanes of at least 4 members (excludes halogenated alkanes) is 11. The van der Waals surface area contributed by atoms with Gasteiger partial charge in [-0.3, -0.25) is 9.59 Å². The van der Waals surface area contributed by atoms with Gasteiger partial charge in [0.1, 0.15) is 16.7 Å². The Bertz CT molecular complexity index is 717.